The van der Waals surface area contributed by atoms with Crippen LogP contribution in [0.1, 0.15) is 27.2 Å². The van der Waals surface area contributed by atoms with Crippen molar-refractivity contribution < 1.29 is 5.11 Å². The maximum Gasteiger partial charge on any atom is 0.123 e. The smallest absolute Gasteiger partial charge is 0.123 e. The Morgan fingerprint density at radius 3 is 2.39 bits per heavy atom. The molecule has 18 heavy (non-hydrogen) atoms. The minimum Gasteiger partial charge on any atom is -0.507 e. The Hall–Kier alpha value is -1.70. The third kappa shape index (κ3) is 2.95. The average Bonchev–Trinajstić information content (AvgIpc) is 2.29. The van der Waals surface area contributed by atoms with Gasteiger partial charge in [0.25, 0.3) is 0 Å². The van der Waals surface area contributed by atoms with E-state index in [0.717, 1.165) is 29.4 Å². The normalized spacial score (nSPS) is 11.7. The molecule has 2 aromatic rings. The number of anilines is 1. The van der Waals surface area contributed by atoms with Gasteiger partial charge in [-0.15, -0.1) is 0 Å². The highest BCUT2D eigenvalue weighted by Crippen LogP contribution is 2.30. The van der Waals surface area contributed by atoms with Gasteiger partial charge < -0.3 is 10.4 Å². The van der Waals surface area contributed by atoms with Gasteiger partial charge in [-0.05, 0) is 24.0 Å². The molecule has 0 amide bonds. The summed E-state index contributed by atoms with van der Waals surface area (Å²) in [5, 5.41) is 15.3. The summed E-state index contributed by atoms with van der Waals surface area (Å²) < 4.78 is 0. The van der Waals surface area contributed by atoms with Crippen LogP contribution in [-0.4, -0.2) is 11.7 Å². The summed E-state index contributed by atoms with van der Waals surface area (Å²) in [6, 6.07) is 11.6. The van der Waals surface area contributed by atoms with Crippen molar-refractivity contribution in [1.29, 1.82) is 0 Å². The fourth-order valence-electron chi connectivity index (χ4n) is 2.02. The molecule has 2 rings (SSSR count). The monoisotopic (exact) mass is 243 g/mol. The Balaban J connectivity index is 2.21. The van der Waals surface area contributed by atoms with E-state index in [1.807, 2.05) is 24.3 Å². The van der Waals surface area contributed by atoms with Crippen LogP contribution in [0.4, 0.5) is 5.69 Å². The number of rotatable bonds is 3. The molecule has 0 saturated heterocycles. The molecule has 0 radical (unpaired) electrons. The van der Waals surface area contributed by atoms with Gasteiger partial charge >= 0.3 is 0 Å². The lowest BCUT2D eigenvalue weighted by Gasteiger charge is -2.19. The quantitative estimate of drug-likeness (QED) is 0.837. The Kier molecular flexibility index (Phi) is 3.46. The van der Waals surface area contributed by atoms with Crippen molar-refractivity contribution in [1.82, 2.24) is 0 Å². The number of aromatic hydroxyl groups is 1. The number of nitrogens with one attached hydrogen (secondary N) is 1. The van der Waals surface area contributed by atoms with Gasteiger partial charge in [-0.1, -0.05) is 45.0 Å². The molecule has 2 aromatic carbocycles. The van der Waals surface area contributed by atoms with Gasteiger partial charge in [-0.25, -0.2) is 0 Å². The second-order valence-electron chi connectivity index (χ2n) is 5.92. The third-order valence-corrected chi connectivity index (χ3v) is 3.09. The van der Waals surface area contributed by atoms with E-state index >= 15 is 0 Å². The first-order valence-electron chi connectivity index (χ1n) is 6.42. The predicted octanol–water partition coefficient (Wildman–Crippen LogP) is 4.39. The van der Waals surface area contributed by atoms with Crippen LogP contribution in [0.2, 0.25) is 0 Å². The number of phenols is 1. The first-order chi connectivity index (χ1) is 8.47. The largest absolute Gasteiger partial charge is 0.507 e. The first-order valence-corrected chi connectivity index (χ1v) is 6.42. The van der Waals surface area contributed by atoms with Crippen molar-refractivity contribution in [3.05, 3.63) is 36.4 Å². The van der Waals surface area contributed by atoms with Gasteiger partial charge in [0.15, 0.2) is 0 Å². The van der Waals surface area contributed by atoms with Gasteiger partial charge in [-0.3, -0.25) is 0 Å². The number of hydrogen-bond acceptors (Lipinski definition) is 2. The Bertz CT molecular complexity index is 540. The van der Waals surface area contributed by atoms with Crippen LogP contribution in [0, 0.1) is 5.41 Å². The molecule has 0 heterocycles. The minimum atomic E-state index is 0.333. The molecular formula is C16H21NO. The van der Waals surface area contributed by atoms with E-state index in [1.54, 1.807) is 6.07 Å². The molecule has 2 nitrogen and oxygen atoms in total. The summed E-state index contributed by atoms with van der Waals surface area (Å²) in [6.45, 7) is 7.66. The average molecular weight is 243 g/mol. The molecule has 0 fully saturated rings. The van der Waals surface area contributed by atoms with Gasteiger partial charge in [0.05, 0.1) is 0 Å². The number of hydrogen-bond donors (Lipinski definition) is 2. The fourth-order valence-corrected chi connectivity index (χ4v) is 2.02. The van der Waals surface area contributed by atoms with Crippen LogP contribution >= 0.6 is 0 Å². The van der Waals surface area contributed by atoms with Gasteiger partial charge in [-0.2, -0.15) is 0 Å². The maximum atomic E-state index is 9.82. The van der Waals surface area contributed by atoms with Crippen LogP contribution in [0.15, 0.2) is 36.4 Å². The van der Waals surface area contributed by atoms with E-state index in [2.05, 4.69) is 32.2 Å². The highest BCUT2D eigenvalue weighted by atomic mass is 16.3. The SMILES string of the molecule is CC(C)(C)CCNc1cccc2c(O)cccc12. The zero-order valence-electron chi connectivity index (χ0n) is 11.3. The van der Waals surface area contributed by atoms with Crippen molar-refractivity contribution in [3.8, 4) is 5.75 Å². The van der Waals surface area contributed by atoms with Crippen LogP contribution in [-0.2, 0) is 0 Å². The molecule has 0 aromatic heterocycles. The van der Waals surface area contributed by atoms with Crippen LogP contribution in [0.3, 0.4) is 0 Å². The summed E-state index contributed by atoms with van der Waals surface area (Å²) in [7, 11) is 0. The zero-order chi connectivity index (χ0) is 13.2. The van der Waals surface area contributed by atoms with E-state index < -0.39 is 0 Å². The van der Waals surface area contributed by atoms with Gasteiger partial charge in [0.1, 0.15) is 5.75 Å². The second-order valence-corrected chi connectivity index (χ2v) is 5.92. The minimum absolute atomic E-state index is 0.333. The highest BCUT2D eigenvalue weighted by molar-refractivity contribution is 5.97. The summed E-state index contributed by atoms with van der Waals surface area (Å²) in [5.41, 5.74) is 1.42. The topological polar surface area (TPSA) is 32.3 Å². The van der Waals surface area contributed by atoms with Crippen LogP contribution in [0.5, 0.6) is 5.75 Å². The van der Waals surface area contributed by atoms with E-state index in [-0.39, 0.29) is 0 Å². The number of benzene rings is 2. The predicted molar refractivity (Wildman–Crippen MR) is 78.2 cm³/mol. The van der Waals surface area contributed by atoms with Crippen LogP contribution in [0.25, 0.3) is 10.8 Å². The molecule has 0 saturated carbocycles. The second kappa shape index (κ2) is 4.89. The fraction of sp³-hybridized carbons (Fsp3) is 0.375. The molecule has 2 heteroatoms. The van der Waals surface area contributed by atoms with E-state index in [9.17, 15) is 5.11 Å². The molecule has 0 atom stereocenters. The third-order valence-electron chi connectivity index (χ3n) is 3.09. The lowest BCUT2D eigenvalue weighted by molar-refractivity contribution is 0.390. The molecule has 0 bridgehead atoms. The molecular weight excluding hydrogens is 222 g/mol. The van der Waals surface area contributed by atoms with E-state index in [0.29, 0.717) is 11.2 Å². The number of fused-ring (bicyclic) bond motifs is 1. The molecule has 0 spiro atoms. The summed E-state index contributed by atoms with van der Waals surface area (Å²) >= 11 is 0. The lowest BCUT2D eigenvalue weighted by atomic mass is 9.92. The Morgan fingerprint density at radius 1 is 1.00 bits per heavy atom. The van der Waals surface area contributed by atoms with Gasteiger partial charge in [0.2, 0.25) is 0 Å². The van der Waals surface area contributed by atoms with Crippen molar-refractivity contribution in [3.63, 3.8) is 0 Å². The summed E-state index contributed by atoms with van der Waals surface area (Å²) in [5.74, 6) is 0.340. The Morgan fingerprint density at radius 2 is 1.67 bits per heavy atom. The molecule has 0 unspecified atom stereocenters. The highest BCUT2D eigenvalue weighted by Gasteiger charge is 2.10. The lowest BCUT2D eigenvalue weighted by Crippen LogP contribution is -2.12. The van der Waals surface area contributed by atoms with Crippen LogP contribution < -0.4 is 5.32 Å². The van der Waals surface area contributed by atoms with E-state index in [1.165, 1.54) is 0 Å². The van der Waals surface area contributed by atoms with Crippen molar-refractivity contribution in [2.75, 3.05) is 11.9 Å². The molecule has 96 valence electrons. The first kappa shape index (κ1) is 12.7. The molecule has 0 aliphatic rings. The zero-order valence-corrected chi connectivity index (χ0v) is 11.3. The number of phenolic OH excluding ortho intramolecular Hbond substituents is 1. The van der Waals surface area contributed by atoms with Crippen molar-refractivity contribution in [2.45, 2.75) is 27.2 Å². The molecule has 0 aliphatic heterocycles. The van der Waals surface area contributed by atoms with Crippen molar-refractivity contribution >= 4 is 16.5 Å². The molecule has 2 N–H and O–H groups in total. The Labute approximate surface area is 109 Å². The van der Waals surface area contributed by atoms with Crippen molar-refractivity contribution in [2.24, 2.45) is 5.41 Å². The maximum absolute atomic E-state index is 9.82. The standard InChI is InChI=1S/C16H21NO/c1-16(2,3)10-11-17-14-8-4-7-13-12(14)6-5-9-15(13)18/h4-9,17-18H,10-11H2,1-3H3. The summed E-state index contributed by atoms with van der Waals surface area (Å²) in [6.07, 6.45) is 1.11. The van der Waals surface area contributed by atoms with E-state index in [4.69, 9.17) is 0 Å². The summed E-state index contributed by atoms with van der Waals surface area (Å²) in [4.78, 5) is 0. The molecule has 0 aliphatic carbocycles. The van der Waals surface area contributed by atoms with Gasteiger partial charge in [0, 0.05) is 23.0 Å².